The van der Waals surface area contributed by atoms with Crippen molar-refractivity contribution in [1.82, 2.24) is 20.1 Å². The molecule has 1 aromatic carbocycles. The Balaban J connectivity index is 1.28. The molecule has 10 nitrogen and oxygen atoms in total. The number of Topliss-reactive ketones (excluding diaryl/α,β-unsaturated/α-hetero) is 1. The minimum atomic E-state index is -0.775. The van der Waals surface area contributed by atoms with E-state index in [4.69, 9.17) is 4.74 Å². The summed E-state index contributed by atoms with van der Waals surface area (Å²) in [5.41, 5.74) is 1.77. The van der Waals surface area contributed by atoms with Crippen molar-refractivity contribution in [3.05, 3.63) is 59.9 Å². The van der Waals surface area contributed by atoms with Crippen molar-refractivity contribution in [2.75, 3.05) is 44.3 Å². The number of nitrogens with one attached hydrogen (secondary N) is 1. The third-order valence-corrected chi connectivity index (χ3v) is 7.67. The summed E-state index contributed by atoms with van der Waals surface area (Å²) >= 11 is 0. The van der Waals surface area contributed by atoms with Crippen LogP contribution >= 0.6 is 0 Å². The lowest BCUT2D eigenvalue weighted by Crippen LogP contribution is -2.53. The molecule has 2 aromatic rings. The molecule has 3 aliphatic heterocycles. The van der Waals surface area contributed by atoms with Gasteiger partial charge in [0, 0.05) is 37.1 Å². The molecular weight excluding hydrogens is 498 g/mol. The van der Waals surface area contributed by atoms with Crippen LogP contribution in [0.4, 0.5) is 5.69 Å². The average molecular weight is 534 g/mol. The highest BCUT2D eigenvalue weighted by Gasteiger charge is 2.52. The Morgan fingerprint density at radius 1 is 1.03 bits per heavy atom. The number of hydrogen-bond acceptors (Lipinski definition) is 7. The number of benzene rings is 1. The van der Waals surface area contributed by atoms with E-state index >= 15 is 0 Å². The molecule has 5 rings (SSSR count). The van der Waals surface area contributed by atoms with Crippen molar-refractivity contribution >= 4 is 29.2 Å². The Bertz CT molecular complexity index is 1210. The Morgan fingerprint density at radius 3 is 2.44 bits per heavy atom. The minimum absolute atomic E-state index is 0.0504. The largest absolute Gasteiger partial charge is 0.378 e. The average Bonchev–Trinajstić information content (AvgIpc) is 3.54. The van der Waals surface area contributed by atoms with Crippen molar-refractivity contribution in [2.24, 2.45) is 5.92 Å². The number of rotatable bonds is 7. The van der Waals surface area contributed by atoms with Gasteiger partial charge in [-0.3, -0.25) is 24.2 Å². The second-order valence-corrected chi connectivity index (χ2v) is 10.7. The smallest absolute Gasteiger partial charge is 0.273 e. The molecule has 3 unspecified atom stereocenters. The van der Waals surface area contributed by atoms with Gasteiger partial charge < -0.3 is 24.8 Å². The van der Waals surface area contributed by atoms with Gasteiger partial charge in [0.1, 0.15) is 17.8 Å². The maximum atomic E-state index is 13.8. The van der Waals surface area contributed by atoms with E-state index in [1.54, 1.807) is 41.4 Å². The van der Waals surface area contributed by atoms with Crippen LogP contribution in [0.2, 0.25) is 0 Å². The summed E-state index contributed by atoms with van der Waals surface area (Å²) in [6, 6.07) is 10.6. The number of hydrogen-bond donors (Lipinski definition) is 1. The summed E-state index contributed by atoms with van der Waals surface area (Å²) in [4.78, 5) is 62.5. The molecule has 206 valence electrons. The monoisotopic (exact) mass is 533 g/mol. The van der Waals surface area contributed by atoms with Crippen LogP contribution in [0.5, 0.6) is 0 Å². The number of anilines is 1. The Morgan fingerprint density at radius 2 is 1.77 bits per heavy atom. The number of ether oxygens (including phenoxy) is 1. The lowest BCUT2D eigenvalue weighted by molar-refractivity contribution is -0.138. The summed E-state index contributed by atoms with van der Waals surface area (Å²) < 4.78 is 5.41. The maximum absolute atomic E-state index is 13.8. The van der Waals surface area contributed by atoms with Crippen LogP contribution in [-0.4, -0.2) is 95.8 Å². The van der Waals surface area contributed by atoms with Gasteiger partial charge in [0.2, 0.25) is 5.91 Å². The van der Waals surface area contributed by atoms with E-state index in [0.717, 1.165) is 18.8 Å². The highest BCUT2D eigenvalue weighted by molar-refractivity contribution is 6.03. The molecule has 1 N–H and O–H groups in total. The Kier molecular flexibility index (Phi) is 7.92. The first-order valence-electron chi connectivity index (χ1n) is 13.6. The van der Waals surface area contributed by atoms with Gasteiger partial charge in [-0.2, -0.15) is 0 Å². The lowest BCUT2D eigenvalue weighted by Gasteiger charge is -2.29. The van der Waals surface area contributed by atoms with Gasteiger partial charge in [-0.15, -0.1) is 0 Å². The second-order valence-electron chi connectivity index (χ2n) is 10.7. The van der Waals surface area contributed by atoms with E-state index < -0.39 is 12.1 Å². The SMILES string of the molecule is CC(C)CC(NC(=O)c1ccc(N2CCOCC2)cc1)C(=O)N1CCC2C1C(=O)CN2C(=O)c1ccccn1. The first kappa shape index (κ1) is 26.8. The Hall–Kier alpha value is -3.79. The highest BCUT2D eigenvalue weighted by atomic mass is 16.5. The van der Waals surface area contributed by atoms with E-state index in [-0.39, 0.29) is 47.7 Å². The number of nitrogens with zero attached hydrogens (tertiary/aromatic N) is 4. The van der Waals surface area contributed by atoms with Gasteiger partial charge in [-0.05, 0) is 55.2 Å². The van der Waals surface area contributed by atoms with E-state index in [0.29, 0.717) is 38.2 Å². The molecule has 3 amide bonds. The number of morpholine rings is 1. The number of fused-ring (bicyclic) bond motifs is 1. The molecule has 0 aliphatic carbocycles. The highest BCUT2D eigenvalue weighted by Crippen LogP contribution is 2.31. The Labute approximate surface area is 228 Å². The van der Waals surface area contributed by atoms with Crippen molar-refractivity contribution in [3.8, 4) is 0 Å². The molecule has 3 saturated heterocycles. The molecule has 0 saturated carbocycles. The molecule has 3 fully saturated rings. The molecular formula is C29H35N5O5. The van der Waals surface area contributed by atoms with Gasteiger partial charge in [0.25, 0.3) is 11.8 Å². The summed E-state index contributed by atoms with van der Waals surface area (Å²) in [6.45, 7) is 7.25. The summed E-state index contributed by atoms with van der Waals surface area (Å²) in [5.74, 6) is -0.942. The number of carbonyl (C=O) groups excluding carboxylic acids is 4. The molecule has 10 heteroatoms. The van der Waals surface area contributed by atoms with Crippen LogP contribution in [0.3, 0.4) is 0 Å². The fourth-order valence-electron chi connectivity index (χ4n) is 5.76. The number of carbonyl (C=O) groups is 4. The zero-order valence-corrected chi connectivity index (χ0v) is 22.4. The normalized spacial score (nSPS) is 21.7. The van der Waals surface area contributed by atoms with Gasteiger partial charge in [-0.1, -0.05) is 19.9 Å². The minimum Gasteiger partial charge on any atom is -0.378 e. The summed E-state index contributed by atoms with van der Waals surface area (Å²) in [6.07, 6.45) is 2.49. The van der Waals surface area contributed by atoms with Crippen LogP contribution in [0.25, 0.3) is 0 Å². The number of likely N-dealkylation sites (tertiary alicyclic amines) is 2. The molecule has 0 radical (unpaired) electrons. The van der Waals surface area contributed by atoms with Crippen molar-refractivity contribution in [3.63, 3.8) is 0 Å². The van der Waals surface area contributed by atoms with E-state index in [2.05, 4.69) is 15.2 Å². The van der Waals surface area contributed by atoms with Crippen LogP contribution in [0, 0.1) is 5.92 Å². The number of ketones is 1. The molecule has 4 heterocycles. The summed E-state index contributed by atoms with van der Waals surface area (Å²) in [7, 11) is 0. The van der Waals surface area contributed by atoms with Crippen molar-refractivity contribution in [2.45, 2.75) is 44.8 Å². The maximum Gasteiger partial charge on any atom is 0.273 e. The van der Waals surface area contributed by atoms with Gasteiger partial charge >= 0.3 is 0 Å². The van der Waals surface area contributed by atoms with Crippen LogP contribution < -0.4 is 10.2 Å². The molecule has 1 aromatic heterocycles. The van der Waals surface area contributed by atoms with Gasteiger partial charge in [0.05, 0.1) is 25.8 Å². The first-order chi connectivity index (χ1) is 18.8. The zero-order valence-electron chi connectivity index (χ0n) is 22.4. The van der Waals surface area contributed by atoms with Crippen LogP contribution in [0.1, 0.15) is 47.5 Å². The predicted molar refractivity (Wildman–Crippen MR) is 144 cm³/mol. The fourth-order valence-corrected chi connectivity index (χ4v) is 5.76. The molecule has 39 heavy (non-hydrogen) atoms. The summed E-state index contributed by atoms with van der Waals surface area (Å²) in [5, 5.41) is 2.93. The fraction of sp³-hybridized carbons (Fsp3) is 0.483. The van der Waals surface area contributed by atoms with Crippen molar-refractivity contribution in [1.29, 1.82) is 0 Å². The zero-order chi connectivity index (χ0) is 27.5. The number of amides is 3. The van der Waals surface area contributed by atoms with Crippen molar-refractivity contribution < 1.29 is 23.9 Å². The molecule has 3 atom stereocenters. The topological polar surface area (TPSA) is 112 Å². The second kappa shape index (κ2) is 11.5. The lowest BCUT2D eigenvalue weighted by atomic mass is 10.0. The van der Waals surface area contributed by atoms with Crippen LogP contribution in [0.15, 0.2) is 48.7 Å². The molecule has 0 bridgehead atoms. The van der Waals surface area contributed by atoms with Gasteiger partial charge in [-0.25, -0.2) is 0 Å². The van der Waals surface area contributed by atoms with E-state index in [1.165, 1.54) is 4.90 Å². The standard InChI is InChI=1S/C29H35N5O5/c1-19(2)17-23(31-27(36)20-6-8-21(9-7-20)32-13-15-39-16-14-32)29(38)33-12-10-24-26(33)25(35)18-34(24)28(37)22-5-3-4-11-30-22/h3-9,11,19,23-24,26H,10,12-18H2,1-2H3,(H,31,36). The van der Waals surface area contributed by atoms with Gasteiger partial charge in [0.15, 0.2) is 5.78 Å². The first-order valence-corrected chi connectivity index (χ1v) is 13.6. The third kappa shape index (κ3) is 5.66. The molecule has 0 spiro atoms. The number of pyridine rings is 1. The van der Waals surface area contributed by atoms with E-state index in [1.807, 2.05) is 26.0 Å². The third-order valence-electron chi connectivity index (χ3n) is 7.67. The predicted octanol–water partition coefficient (Wildman–Crippen LogP) is 1.76. The van der Waals surface area contributed by atoms with E-state index in [9.17, 15) is 19.2 Å². The number of aromatic nitrogens is 1. The quantitative estimate of drug-likeness (QED) is 0.577. The van der Waals surface area contributed by atoms with Crippen LogP contribution in [-0.2, 0) is 14.3 Å². The molecule has 3 aliphatic rings.